The molecule has 10 heavy (non-hydrogen) atoms. The minimum Gasteiger partial charge on any atom is -0.100 e. The standard InChI is InChI=1S/C10H16/c1-5-10(4)8-6-7-9(2)3/h1H,2,4-8H2,3H3. The van der Waals surface area contributed by atoms with Crippen molar-refractivity contribution in [3.8, 4) is 0 Å². The Hall–Kier alpha value is -0.520. The van der Waals surface area contributed by atoms with E-state index in [1.54, 1.807) is 0 Å². The van der Waals surface area contributed by atoms with Crippen LogP contribution in [-0.2, 0) is 0 Å². The van der Waals surface area contributed by atoms with Crippen LogP contribution < -0.4 is 0 Å². The van der Waals surface area contributed by atoms with Gasteiger partial charge in [-0.15, -0.1) is 6.58 Å². The monoisotopic (exact) mass is 136 g/mol. The molecular formula is C10H16. The third-order valence-corrected chi connectivity index (χ3v) is 1.42. The van der Waals surface area contributed by atoms with Gasteiger partial charge >= 0.3 is 0 Å². The molecule has 0 saturated heterocycles. The molecule has 0 aliphatic rings. The fraction of sp³-hybridized carbons (Fsp3) is 0.500. The predicted octanol–water partition coefficient (Wildman–Crippen LogP) is 3.39. The quantitative estimate of drug-likeness (QED) is 0.508. The fourth-order valence-electron chi connectivity index (χ4n) is 0.742. The molecule has 2 radical (unpaired) electrons. The Kier molecular flexibility index (Phi) is 5.00. The van der Waals surface area contributed by atoms with E-state index in [4.69, 9.17) is 6.92 Å². The van der Waals surface area contributed by atoms with Gasteiger partial charge in [0.25, 0.3) is 0 Å². The Morgan fingerprint density at radius 1 is 1.30 bits per heavy atom. The van der Waals surface area contributed by atoms with Crippen molar-refractivity contribution >= 4 is 0 Å². The van der Waals surface area contributed by atoms with E-state index in [0.29, 0.717) is 6.42 Å². The van der Waals surface area contributed by atoms with Gasteiger partial charge in [0.2, 0.25) is 0 Å². The van der Waals surface area contributed by atoms with Crippen molar-refractivity contribution in [1.82, 2.24) is 0 Å². The Labute approximate surface area is 64.6 Å². The summed E-state index contributed by atoms with van der Waals surface area (Å²) in [5.41, 5.74) is 2.38. The highest BCUT2D eigenvalue weighted by Gasteiger charge is 1.91. The largest absolute Gasteiger partial charge is 0.100 e. The van der Waals surface area contributed by atoms with Gasteiger partial charge in [0.15, 0.2) is 0 Å². The van der Waals surface area contributed by atoms with Gasteiger partial charge in [0.05, 0.1) is 0 Å². The zero-order valence-electron chi connectivity index (χ0n) is 6.82. The number of rotatable bonds is 5. The molecule has 0 unspecified atom stereocenters. The molecule has 0 aliphatic heterocycles. The highest BCUT2D eigenvalue weighted by molar-refractivity contribution is 4.96. The highest BCUT2D eigenvalue weighted by Crippen LogP contribution is 2.10. The maximum atomic E-state index is 5.37. The van der Waals surface area contributed by atoms with E-state index in [0.717, 1.165) is 24.8 Å². The van der Waals surface area contributed by atoms with Crippen molar-refractivity contribution in [2.45, 2.75) is 32.6 Å². The molecule has 0 nitrogen and oxygen atoms in total. The average Bonchev–Trinajstić information content (AvgIpc) is 1.87. The zero-order valence-corrected chi connectivity index (χ0v) is 6.82. The van der Waals surface area contributed by atoms with Gasteiger partial charge in [-0.25, -0.2) is 0 Å². The van der Waals surface area contributed by atoms with E-state index in [1.807, 2.05) is 6.92 Å². The van der Waals surface area contributed by atoms with Crippen LogP contribution >= 0.6 is 0 Å². The summed E-state index contributed by atoms with van der Waals surface area (Å²) in [6, 6.07) is 0. The molecule has 0 fully saturated rings. The summed E-state index contributed by atoms with van der Waals surface area (Å²) in [5, 5.41) is 0. The van der Waals surface area contributed by atoms with Gasteiger partial charge in [-0.2, -0.15) is 0 Å². The highest BCUT2D eigenvalue weighted by atomic mass is 14.0. The summed E-state index contributed by atoms with van der Waals surface area (Å²) in [4.78, 5) is 0. The summed E-state index contributed by atoms with van der Waals surface area (Å²) in [6.45, 7) is 15.0. The second-order valence-corrected chi connectivity index (χ2v) is 2.76. The summed E-state index contributed by atoms with van der Waals surface area (Å²) >= 11 is 0. The molecule has 0 saturated carbocycles. The Bertz CT molecular complexity index is 120. The van der Waals surface area contributed by atoms with Crippen molar-refractivity contribution in [2.24, 2.45) is 0 Å². The molecule has 56 valence electrons. The maximum absolute atomic E-state index is 5.37. The summed E-state index contributed by atoms with van der Waals surface area (Å²) < 4.78 is 0. The fourth-order valence-corrected chi connectivity index (χ4v) is 0.742. The summed E-state index contributed by atoms with van der Waals surface area (Å²) in [6.07, 6.45) is 3.91. The molecule has 0 rings (SSSR count). The van der Waals surface area contributed by atoms with Crippen LogP contribution in [0.25, 0.3) is 0 Å². The first kappa shape index (κ1) is 9.48. The lowest BCUT2D eigenvalue weighted by Crippen LogP contribution is -1.80. The van der Waals surface area contributed by atoms with Crippen molar-refractivity contribution in [2.75, 3.05) is 0 Å². The van der Waals surface area contributed by atoms with Gasteiger partial charge in [0.1, 0.15) is 0 Å². The molecule has 0 spiro atoms. The topological polar surface area (TPSA) is 0 Å². The SMILES string of the molecule is [CH]CC(=C)CCCC(=C)C. The molecule has 0 aliphatic carbocycles. The van der Waals surface area contributed by atoms with Crippen LogP contribution in [0.1, 0.15) is 32.6 Å². The van der Waals surface area contributed by atoms with Crippen molar-refractivity contribution in [3.05, 3.63) is 31.2 Å². The number of hydrogen-bond acceptors (Lipinski definition) is 0. The van der Waals surface area contributed by atoms with Crippen LogP contribution in [0.4, 0.5) is 0 Å². The van der Waals surface area contributed by atoms with E-state index in [2.05, 4.69) is 13.2 Å². The van der Waals surface area contributed by atoms with E-state index < -0.39 is 0 Å². The van der Waals surface area contributed by atoms with Crippen LogP contribution in [-0.4, -0.2) is 0 Å². The third-order valence-electron chi connectivity index (χ3n) is 1.42. The minimum absolute atomic E-state index is 0.621. The molecule has 0 amide bonds. The van der Waals surface area contributed by atoms with Crippen LogP contribution in [0, 0.1) is 6.92 Å². The Balaban J connectivity index is 3.20. The molecule has 0 aromatic heterocycles. The predicted molar refractivity (Wildman–Crippen MR) is 46.7 cm³/mol. The second-order valence-electron chi connectivity index (χ2n) is 2.76. The zero-order chi connectivity index (χ0) is 7.98. The lowest BCUT2D eigenvalue weighted by atomic mass is 10.1. The van der Waals surface area contributed by atoms with Gasteiger partial charge in [-0.3, -0.25) is 0 Å². The molecule has 0 heterocycles. The lowest BCUT2D eigenvalue weighted by Gasteiger charge is -2.00. The normalized spacial score (nSPS) is 9.40. The van der Waals surface area contributed by atoms with E-state index in [1.165, 1.54) is 5.57 Å². The van der Waals surface area contributed by atoms with Crippen LogP contribution in [0.2, 0.25) is 0 Å². The van der Waals surface area contributed by atoms with Gasteiger partial charge in [-0.1, -0.05) is 17.7 Å². The van der Waals surface area contributed by atoms with Gasteiger partial charge in [0, 0.05) is 0 Å². The second kappa shape index (κ2) is 5.28. The van der Waals surface area contributed by atoms with Crippen LogP contribution in [0.15, 0.2) is 24.3 Å². The van der Waals surface area contributed by atoms with E-state index in [9.17, 15) is 0 Å². The van der Waals surface area contributed by atoms with Crippen LogP contribution in [0.5, 0.6) is 0 Å². The molecular weight excluding hydrogens is 120 g/mol. The first-order valence-corrected chi connectivity index (χ1v) is 3.68. The molecule has 0 aromatic carbocycles. The van der Waals surface area contributed by atoms with Gasteiger partial charge in [-0.05, 0) is 39.5 Å². The van der Waals surface area contributed by atoms with Crippen molar-refractivity contribution < 1.29 is 0 Å². The first-order valence-electron chi connectivity index (χ1n) is 3.68. The maximum Gasteiger partial charge on any atom is -0.0289 e. The Morgan fingerprint density at radius 2 is 1.90 bits per heavy atom. The van der Waals surface area contributed by atoms with Gasteiger partial charge < -0.3 is 0 Å². The van der Waals surface area contributed by atoms with Crippen LogP contribution in [0.3, 0.4) is 0 Å². The minimum atomic E-state index is 0.621. The van der Waals surface area contributed by atoms with E-state index in [-0.39, 0.29) is 0 Å². The molecule has 0 N–H and O–H groups in total. The summed E-state index contributed by atoms with van der Waals surface area (Å²) in [7, 11) is 0. The number of hydrogen-bond donors (Lipinski definition) is 0. The molecule has 0 atom stereocenters. The average molecular weight is 136 g/mol. The molecule has 0 bridgehead atoms. The summed E-state index contributed by atoms with van der Waals surface area (Å²) in [5.74, 6) is 0. The lowest BCUT2D eigenvalue weighted by molar-refractivity contribution is 0.794. The first-order chi connectivity index (χ1) is 4.66. The molecule has 0 heteroatoms. The Morgan fingerprint density at radius 3 is 2.30 bits per heavy atom. The molecule has 0 aromatic rings. The smallest absolute Gasteiger partial charge is 0.0289 e. The third kappa shape index (κ3) is 5.61. The van der Waals surface area contributed by atoms with Crippen molar-refractivity contribution in [3.63, 3.8) is 0 Å². The van der Waals surface area contributed by atoms with Crippen molar-refractivity contribution in [1.29, 1.82) is 0 Å². The van der Waals surface area contributed by atoms with E-state index >= 15 is 0 Å². The number of allylic oxidation sites excluding steroid dienone is 2.